The number of hydrogen-bond donors (Lipinski definition) is 1. The molecule has 1 aromatic carbocycles. The van der Waals surface area contributed by atoms with E-state index in [0.717, 1.165) is 38.8 Å². The van der Waals surface area contributed by atoms with Crippen molar-refractivity contribution >= 4 is 5.91 Å². The molecular weight excluding hydrogens is 272 g/mol. The van der Waals surface area contributed by atoms with E-state index in [-0.39, 0.29) is 12.0 Å². The van der Waals surface area contributed by atoms with Crippen molar-refractivity contribution in [3.8, 4) is 0 Å². The Labute approximate surface area is 133 Å². The van der Waals surface area contributed by atoms with Gasteiger partial charge in [0, 0.05) is 25.0 Å². The highest BCUT2D eigenvalue weighted by atomic mass is 16.2. The van der Waals surface area contributed by atoms with E-state index in [2.05, 4.69) is 30.0 Å². The number of nitrogens with zero attached hydrogens (tertiary/aromatic N) is 1. The second-order valence-electron chi connectivity index (χ2n) is 6.89. The summed E-state index contributed by atoms with van der Waals surface area (Å²) in [6, 6.07) is 6.70. The van der Waals surface area contributed by atoms with Crippen molar-refractivity contribution in [2.75, 3.05) is 6.54 Å². The zero-order valence-electron chi connectivity index (χ0n) is 13.7. The molecule has 1 fully saturated rings. The quantitative estimate of drug-likeness (QED) is 0.927. The third-order valence-corrected chi connectivity index (χ3v) is 5.38. The lowest BCUT2D eigenvalue weighted by atomic mass is 9.87. The van der Waals surface area contributed by atoms with Gasteiger partial charge in [-0.25, -0.2) is 0 Å². The summed E-state index contributed by atoms with van der Waals surface area (Å²) in [4.78, 5) is 14.8. The van der Waals surface area contributed by atoms with Crippen LogP contribution in [0.15, 0.2) is 18.2 Å². The molecule has 2 N–H and O–H groups in total. The minimum Gasteiger partial charge on any atom is -0.338 e. The van der Waals surface area contributed by atoms with Gasteiger partial charge in [0.25, 0.3) is 0 Å². The Hall–Kier alpha value is -1.35. The highest BCUT2D eigenvalue weighted by molar-refractivity contribution is 5.79. The monoisotopic (exact) mass is 300 g/mol. The Morgan fingerprint density at radius 1 is 1.27 bits per heavy atom. The average Bonchev–Trinajstić information content (AvgIpc) is 2.60. The van der Waals surface area contributed by atoms with Crippen molar-refractivity contribution in [3.63, 3.8) is 0 Å². The van der Waals surface area contributed by atoms with Crippen molar-refractivity contribution < 1.29 is 4.79 Å². The van der Waals surface area contributed by atoms with Crippen LogP contribution >= 0.6 is 0 Å². The fourth-order valence-corrected chi connectivity index (χ4v) is 3.84. The second kappa shape index (κ2) is 6.82. The van der Waals surface area contributed by atoms with Crippen molar-refractivity contribution in [2.45, 2.75) is 64.5 Å². The van der Waals surface area contributed by atoms with Crippen molar-refractivity contribution in [2.24, 2.45) is 11.7 Å². The summed E-state index contributed by atoms with van der Waals surface area (Å²) < 4.78 is 0. The smallest absolute Gasteiger partial charge is 0.225 e. The lowest BCUT2D eigenvalue weighted by Gasteiger charge is -2.33. The maximum atomic E-state index is 12.7. The number of carbonyl (C=O) groups excluding carboxylic acids is 1. The molecule has 2 aliphatic rings. The molecule has 3 nitrogen and oxygen atoms in total. The topological polar surface area (TPSA) is 46.3 Å². The molecule has 0 saturated heterocycles. The van der Waals surface area contributed by atoms with E-state index in [1.54, 1.807) is 0 Å². The van der Waals surface area contributed by atoms with Crippen molar-refractivity contribution in [1.82, 2.24) is 4.90 Å². The maximum Gasteiger partial charge on any atom is 0.225 e. The Bertz CT molecular complexity index is 534. The largest absolute Gasteiger partial charge is 0.338 e. The van der Waals surface area contributed by atoms with E-state index >= 15 is 0 Å². The predicted octanol–water partition coefficient (Wildman–Crippen LogP) is 3.56. The first kappa shape index (κ1) is 15.5. The molecule has 1 atom stereocenters. The molecule has 22 heavy (non-hydrogen) atoms. The SMILES string of the molecule is CCC(N)c1ccc2c(c1)CN(C(=O)C1CCCCC1)CC2. The minimum atomic E-state index is 0.106. The second-order valence-corrected chi connectivity index (χ2v) is 6.89. The highest BCUT2D eigenvalue weighted by Crippen LogP contribution is 2.29. The Morgan fingerprint density at radius 2 is 2.05 bits per heavy atom. The number of rotatable bonds is 3. The fraction of sp³-hybridized carbons (Fsp3) is 0.632. The molecule has 3 rings (SSSR count). The first-order valence-corrected chi connectivity index (χ1v) is 8.85. The van der Waals surface area contributed by atoms with E-state index in [4.69, 9.17) is 5.73 Å². The summed E-state index contributed by atoms with van der Waals surface area (Å²) in [6.07, 6.45) is 7.84. The first-order valence-electron chi connectivity index (χ1n) is 8.85. The molecule has 1 heterocycles. The molecule has 1 unspecified atom stereocenters. The van der Waals surface area contributed by atoms with Crippen LogP contribution in [0.3, 0.4) is 0 Å². The lowest BCUT2D eigenvalue weighted by molar-refractivity contribution is -0.137. The molecule has 1 aromatic rings. The van der Waals surface area contributed by atoms with Crippen LogP contribution < -0.4 is 5.73 Å². The summed E-state index contributed by atoms with van der Waals surface area (Å²) in [5.41, 5.74) is 10.1. The van der Waals surface area contributed by atoms with Crippen LogP contribution in [-0.2, 0) is 17.8 Å². The standard InChI is InChI=1S/C19H28N2O/c1-2-18(20)16-9-8-14-10-11-21(13-17(14)12-16)19(22)15-6-4-3-5-7-15/h8-9,12,15,18H,2-7,10-11,13,20H2,1H3. The van der Waals surface area contributed by atoms with Crippen LogP contribution in [0.25, 0.3) is 0 Å². The van der Waals surface area contributed by atoms with Crippen LogP contribution in [-0.4, -0.2) is 17.4 Å². The van der Waals surface area contributed by atoms with Crippen LogP contribution in [0.2, 0.25) is 0 Å². The van der Waals surface area contributed by atoms with Gasteiger partial charge in [0.1, 0.15) is 0 Å². The van der Waals surface area contributed by atoms with Crippen LogP contribution in [0.1, 0.15) is 68.2 Å². The van der Waals surface area contributed by atoms with E-state index in [0.29, 0.717) is 5.91 Å². The van der Waals surface area contributed by atoms with Crippen LogP contribution in [0, 0.1) is 5.92 Å². The van der Waals surface area contributed by atoms with Gasteiger partial charge in [-0.05, 0) is 42.4 Å². The van der Waals surface area contributed by atoms with Crippen LogP contribution in [0.4, 0.5) is 0 Å². The van der Waals surface area contributed by atoms with Gasteiger partial charge < -0.3 is 10.6 Å². The van der Waals surface area contributed by atoms with Gasteiger partial charge in [-0.15, -0.1) is 0 Å². The molecule has 1 saturated carbocycles. The van der Waals surface area contributed by atoms with Gasteiger partial charge in [-0.1, -0.05) is 44.4 Å². The number of hydrogen-bond acceptors (Lipinski definition) is 2. The number of carbonyl (C=O) groups is 1. The Balaban J connectivity index is 1.73. The normalized spacial score (nSPS) is 20.5. The van der Waals surface area contributed by atoms with Crippen molar-refractivity contribution in [3.05, 3.63) is 34.9 Å². The van der Waals surface area contributed by atoms with Gasteiger partial charge in [0.2, 0.25) is 5.91 Å². The highest BCUT2D eigenvalue weighted by Gasteiger charge is 2.28. The van der Waals surface area contributed by atoms with Crippen LogP contribution in [0.5, 0.6) is 0 Å². The molecule has 1 aliphatic heterocycles. The maximum absolute atomic E-state index is 12.7. The van der Waals surface area contributed by atoms with Gasteiger partial charge >= 0.3 is 0 Å². The van der Waals surface area contributed by atoms with E-state index < -0.39 is 0 Å². The van der Waals surface area contributed by atoms with Crippen molar-refractivity contribution in [1.29, 1.82) is 0 Å². The molecule has 120 valence electrons. The number of fused-ring (bicyclic) bond motifs is 1. The van der Waals surface area contributed by atoms with E-state index in [9.17, 15) is 4.79 Å². The third-order valence-electron chi connectivity index (χ3n) is 5.38. The number of benzene rings is 1. The summed E-state index contributed by atoms with van der Waals surface area (Å²) in [5.74, 6) is 0.659. The molecule has 0 radical (unpaired) electrons. The fourth-order valence-electron chi connectivity index (χ4n) is 3.84. The zero-order valence-corrected chi connectivity index (χ0v) is 13.7. The molecule has 1 aliphatic carbocycles. The Morgan fingerprint density at radius 3 is 2.77 bits per heavy atom. The summed E-state index contributed by atoms with van der Waals surface area (Å²) in [7, 11) is 0. The Kier molecular flexibility index (Phi) is 4.82. The minimum absolute atomic E-state index is 0.106. The van der Waals surface area contributed by atoms with Gasteiger partial charge in [-0.2, -0.15) is 0 Å². The van der Waals surface area contributed by atoms with E-state index in [1.165, 1.54) is 36.0 Å². The summed E-state index contributed by atoms with van der Waals surface area (Å²) in [6.45, 7) is 3.76. The lowest BCUT2D eigenvalue weighted by Crippen LogP contribution is -2.40. The number of nitrogens with two attached hydrogens (primary N) is 1. The molecule has 0 bridgehead atoms. The van der Waals surface area contributed by atoms with Gasteiger partial charge in [-0.3, -0.25) is 4.79 Å². The number of amides is 1. The van der Waals surface area contributed by atoms with Gasteiger partial charge in [0.05, 0.1) is 0 Å². The first-order chi connectivity index (χ1) is 10.7. The molecular formula is C19H28N2O. The third kappa shape index (κ3) is 3.19. The predicted molar refractivity (Wildman–Crippen MR) is 89.4 cm³/mol. The molecule has 0 spiro atoms. The van der Waals surface area contributed by atoms with Gasteiger partial charge in [0.15, 0.2) is 0 Å². The summed E-state index contributed by atoms with van der Waals surface area (Å²) in [5, 5.41) is 0. The average molecular weight is 300 g/mol. The van der Waals surface area contributed by atoms with E-state index in [1.807, 2.05) is 0 Å². The molecule has 3 heteroatoms. The molecule has 0 aromatic heterocycles. The summed E-state index contributed by atoms with van der Waals surface area (Å²) >= 11 is 0. The molecule has 1 amide bonds. The zero-order chi connectivity index (χ0) is 15.5.